The van der Waals surface area contributed by atoms with Crippen LogP contribution in [-0.4, -0.2) is 35.0 Å². The van der Waals surface area contributed by atoms with Crippen LogP contribution >= 0.6 is 0 Å². The zero-order valence-corrected chi connectivity index (χ0v) is 12.8. The van der Waals surface area contributed by atoms with Crippen LogP contribution in [0.5, 0.6) is 5.75 Å². The second-order valence-corrected chi connectivity index (χ2v) is 5.85. The molecule has 1 heterocycles. The lowest BCUT2D eigenvalue weighted by molar-refractivity contribution is -0.130. The molecule has 2 rings (SSSR count). The summed E-state index contributed by atoms with van der Waals surface area (Å²) in [7, 11) is 0. The number of primary amides is 1. The van der Waals surface area contributed by atoms with Gasteiger partial charge in [0.1, 0.15) is 5.75 Å². The van der Waals surface area contributed by atoms with E-state index in [1.165, 1.54) is 0 Å². The number of carbonyl (C=O) groups is 2. The molecule has 0 bridgehead atoms. The number of hydrogen-bond donors (Lipinski definition) is 3. The number of phenols is 1. The molecule has 1 aromatic carbocycles. The Morgan fingerprint density at radius 2 is 2.05 bits per heavy atom. The lowest BCUT2D eigenvalue weighted by Crippen LogP contribution is -2.54. The van der Waals surface area contributed by atoms with E-state index in [1.54, 1.807) is 29.2 Å². The predicted octanol–water partition coefficient (Wildman–Crippen LogP) is 1.58. The molecule has 0 aliphatic carbocycles. The topological polar surface area (TPSA) is 95.7 Å². The van der Waals surface area contributed by atoms with Crippen molar-refractivity contribution in [2.45, 2.75) is 32.7 Å². The van der Waals surface area contributed by atoms with Gasteiger partial charge in [-0.05, 0) is 37.0 Å². The molecule has 0 radical (unpaired) electrons. The molecule has 3 amide bonds. The van der Waals surface area contributed by atoms with Crippen LogP contribution < -0.4 is 11.1 Å². The summed E-state index contributed by atoms with van der Waals surface area (Å²) in [6, 6.07) is 6.48. The third kappa shape index (κ3) is 3.50. The number of carbonyl (C=O) groups excluding carboxylic acids is 2. The molecule has 1 saturated heterocycles. The number of nitrogens with one attached hydrogen (secondary N) is 1. The first-order chi connectivity index (χ1) is 10.5. The van der Waals surface area contributed by atoms with Crippen molar-refractivity contribution >= 4 is 11.9 Å². The van der Waals surface area contributed by atoms with Crippen LogP contribution in [0.15, 0.2) is 24.3 Å². The molecule has 0 unspecified atom stereocenters. The number of piperidine rings is 1. The molecule has 0 saturated carbocycles. The van der Waals surface area contributed by atoms with Crippen molar-refractivity contribution in [3.05, 3.63) is 29.8 Å². The molecule has 120 valence electrons. The van der Waals surface area contributed by atoms with E-state index in [4.69, 9.17) is 5.73 Å². The minimum atomic E-state index is -0.603. The Bertz CT molecular complexity index is 544. The van der Waals surface area contributed by atoms with Gasteiger partial charge in [-0.3, -0.25) is 4.79 Å². The average Bonchev–Trinajstić information content (AvgIpc) is 2.53. The van der Waals surface area contributed by atoms with Gasteiger partial charge in [0.25, 0.3) is 0 Å². The normalized spacial score (nSPS) is 21.4. The monoisotopic (exact) mass is 305 g/mol. The van der Waals surface area contributed by atoms with E-state index < -0.39 is 5.41 Å². The quantitative estimate of drug-likeness (QED) is 0.788. The first kappa shape index (κ1) is 16.1. The third-order valence-electron chi connectivity index (χ3n) is 4.44. The van der Waals surface area contributed by atoms with Crippen molar-refractivity contribution in [2.75, 3.05) is 13.1 Å². The second-order valence-electron chi connectivity index (χ2n) is 5.85. The molecule has 1 atom stereocenters. The first-order valence-electron chi connectivity index (χ1n) is 7.57. The van der Waals surface area contributed by atoms with Crippen molar-refractivity contribution in [1.29, 1.82) is 0 Å². The van der Waals surface area contributed by atoms with Crippen LogP contribution in [0.1, 0.15) is 31.7 Å². The third-order valence-corrected chi connectivity index (χ3v) is 4.44. The number of likely N-dealkylation sites (tertiary alicyclic amines) is 1. The summed E-state index contributed by atoms with van der Waals surface area (Å²) in [5, 5.41) is 12.1. The highest BCUT2D eigenvalue weighted by Crippen LogP contribution is 2.33. The molecule has 4 N–H and O–H groups in total. The van der Waals surface area contributed by atoms with Gasteiger partial charge in [-0.1, -0.05) is 19.1 Å². The Kier molecular flexibility index (Phi) is 4.90. The van der Waals surface area contributed by atoms with Crippen molar-refractivity contribution in [3.63, 3.8) is 0 Å². The average molecular weight is 305 g/mol. The van der Waals surface area contributed by atoms with Gasteiger partial charge >= 0.3 is 6.03 Å². The van der Waals surface area contributed by atoms with E-state index in [2.05, 4.69) is 5.32 Å². The van der Waals surface area contributed by atoms with Crippen LogP contribution in [0.3, 0.4) is 0 Å². The van der Waals surface area contributed by atoms with Gasteiger partial charge in [0.15, 0.2) is 0 Å². The van der Waals surface area contributed by atoms with Crippen molar-refractivity contribution in [2.24, 2.45) is 11.1 Å². The Morgan fingerprint density at radius 1 is 1.36 bits per heavy atom. The maximum atomic E-state index is 12.3. The van der Waals surface area contributed by atoms with Crippen molar-refractivity contribution in [1.82, 2.24) is 10.2 Å². The highest BCUT2D eigenvalue weighted by atomic mass is 16.3. The lowest BCUT2D eigenvalue weighted by Gasteiger charge is -2.40. The molecule has 22 heavy (non-hydrogen) atoms. The van der Waals surface area contributed by atoms with Crippen molar-refractivity contribution < 1.29 is 14.7 Å². The summed E-state index contributed by atoms with van der Waals surface area (Å²) >= 11 is 0. The van der Waals surface area contributed by atoms with E-state index in [0.29, 0.717) is 26.1 Å². The number of phenolic OH excluding ortho intramolecular Hbond substituents is 1. The van der Waals surface area contributed by atoms with Crippen LogP contribution in [0.25, 0.3) is 0 Å². The van der Waals surface area contributed by atoms with E-state index >= 15 is 0 Å². The lowest BCUT2D eigenvalue weighted by atomic mass is 9.77. The van der Waals surface area contributed by atoms with Gasteiger partial charge in [-0.15, -0.1) is 0 Å². The molecule has 6 nitrogen and oxygen atoms in total. The van der Waals surface area contributed by atoms with Gasteiger partial charge in [-0.25, -0.2) is 4.79 Å². The maximum Gasteiger partial charge on any atom is 0.317 e. The molecule has 6 heteroatoms. The van der Waals surface area contributed by atoms with Gasteiger partial charge in [0.05, 0.1) is 5.41 Å². The molecular weight excluding hydrogens is 282 g/mol. The molecular formula is C16H23N3O3. The van der Waals surface area contributed by atoms with Crippen LogP contribution in [0.2, 0.25) is 0 Å². The molecule has 1 fully saturated rings. The number of urea groups is 1. The van der Waals surface area contributed by atoms with Gasteiger partial charge in [0, 0.05) is 19.6 Å². The zero-order chi connectivity index (χ0) is 16.2. The Hall–Kier alpha value is -2.24. The fourth-order valence-electron chi connectivity index (χ4n) is 2.87. The van der Waals surface area contributed by atoms with E-state index in [1.807, 2.05) is 6.92 Å². The molecule has 0 aromatic heterocycles. The predicted molar refractivity (Wildman–Crippen MR) is 83.1 cm³/mol. The zero-order valence-electron chi connectivity index (χ0n) is 12.8. The number of rotatable bonds is 4. The summed E-state index contributed by atoms with van der Waals surface area (Å²) in [5.41, 5.74) is 5.83. The molecule has 0 spiro atoms. The van der Waals surface area contributed by atoms with Gasteiger partial charge in [-0.2, -0.15) is 0 Å². The molecule has 1 aromatic rings. The number of nitrogens with two attached hydrogens (primary N) is 1. The highest BCUT2D eigenvalue weighted by Gasteiger charge is 2.40. The smallest absolute Gasteiger partial charge is 0.317 e. The summed E-state index contributed by atoms with van der Waals surface area (Å²) in [4.78, 5) is 25.7. The molecule has 1 aliphatic heterocycles. The fraction of sp³-hybridized carbons (Fsp3) is 0.500. The Morgan fingerprint density at radius 3 is 2.64 bits per heavy atom. The molecule has 1 aliphatic rings. The standard InChI is InChI=1S/C16H23N3O3/c1-2-16(14(17)21)8-3-9-19(11-16)15(22)18-10-12-4-6-13(20)7-5-12/h4-7,20H,2-3,8-11H2,1H3,(H2,17,21)(H,18,22)/t16-/m0/s1. The summed E-state index contributed by atoms with van der Waals surface area (Å²) in [5.74, 6) is -0.133. The van der Waals surface area contributed by atoms with Gasteiger partial charge in [0.2, 0.25) is 5.91 Å². The first-order valence-corrected chi connectivity index (χ1v) is 7.57. The largest absolute Gasteiger partial charge is 0.508 e. The summed E-state index contributed by atoms with van der Waals surface area (Å²) in [6.07, 6.45) is 2.16. The van der Waals surface area contributed by atoms with Crippen LogP contribution in [0, 0.1) is 5.41 Å². The summed E-state index contributed by atoms with van der Waals surface area (Å²) < 4.78 is 0. The van der Waals surface area contributed by atoms with Crippen LogP contribution in [-0.2, 0) is 11.3 Å². The number of hydrogen-bond acceptors (Lipinski definition) is 3. The fourth-order valence-corrected chi connectivity index (χ4v) is 2.87. The van der Waals surface area contributed by atoms with Gasteiger partial charge < -0.3 is 21.1 Å². The van der Waals surface area contributed by atoms with E-state index in [-0.39, 0.29) is 17.7 Å². The highest BCUT2D eigenvalue weighted by molar-refractivity contribution is 5.82. The maximum absolute atomic E-state index is 12.3. The Labute approximate surface area is 130 Å². The minimum absolute atomic E-state index is 0.188. The van der Waals surface area contributed by atoms with Crippen molar-refractivity contribution in [3.8, 4) is 5.75 Å². The second kappa shape index (κ2) is 6.68. The summed E-state index contributed by atoms with van der Waals surface area (Å²) in [6.45, 7) is 3.32. The van der Waals surface area contributed by atoms with E-state index in [0.717, 1.165) is 18.4 Å². The number of nitrogens with zero attached hydrogens (tertiary/aromatic N) is 1. The Balaban J connectivity index is 1.94. The number of aromatic hydroxyl groups is 1. The number of amides is 3. The SMILES string of the molecule is CC[C@]1(C(N)=O)CCCN(C(=O)NCc2ccc(O)cc2)C1. The minimum Gasteiger partial charge on any atom is -0.508 e. The van der Waals surface area contributed by atoms with Crippen LogP contribution in [0.4, 0.5) is 4.79 Å². The number of benzene rings is 1. The van der Waals surface area contributed by atoms with E-state index in [9.17, 15) is 14.7 Å².